The summed E-state index contributed by atoms with van der Waals surface area (Å²) in [6, 6.07) is 23.3. The fourth-order valence-electron chi connectivity index (χ4n) is 6.10. The average molecular weight is 500 g/mol. The first-order chi connectivity index (χ1) is 17.6. The van der Waals surface area contributed by atoms with E-state index in [1.54, 1.807) is 0 Å². The predicted octanol–water partition coefficient (Wildman–Crippen LogP) is 4.56. The number of thiophene rings is 1. The van der Waals surface area contributed by atoms with Crippen LogP contribution < -0.4 is 0 Å². The van der Waals surface area contributed by atoms with E-state index in [9.17, 15) is 9.59 Å². The van der Waals surface area contributed by atoms with E-state index in [0.717, 1.165) is 19.4 Å². The highest BCUT2D eigenvalue weighted by molar-refractivity contribution is 7.10. The van der Waals surface area contributed by atoms with Gasteiger partial charge in [0.05, 0.1) is 12.6 Å². The number of piperazine rings is 1. The molecule has 0 N–H and O–H groups in total. The molecule has 36 heavy (non-hydrogen) atoms. The molecule has 0 radical (unpaired) electrons. The van der Waals surface area contributed by atoms with Crippen LogP contribution in [0.2, 0.25) is 0 Å². The van der Waals surface area contributed by atoms with Crippen LogP contribution in [0.25, 0.3) is 0 Å². The van der Waals surface area contributed by atoms with E-state index in [0.29, 0.717) is 32.1 Å². The van der Waals surface area contributed by atoms with Crippen LogP contribution in [0.5, 0.6) is 0 Å². The molecule has 2 aromatic carbocycles. The second-order valence-electron chi connectivity index (χ2n) is 10.4. The molecule has 3 aromatic rings. The SMILES string of the molecule is C[C@@H]1CN(C(=O)CN2CCc3sccc3[C@@H]2c2ccccc2)CCN1C(=O)[C@@H]1C[C@H]1c1ccccc1. The zero-order valence-corrected chi connectivity index (χ0v) is 21.6. The summed E-state index contributed by atoms with van der Waals surface area (Å²) in [7, 11) is 0. The summed E-state index contributed by atoms with van der Waals surface area (Å²) >= 11 is 1.82. The Kier molecular flexibility index (Phi) is 6.40. The van der Waals surface area contributed by atoms with Crippen molar-refractivity contribution in [2.75, 3.05) is 32.7 Å². The van der Waals surface area contributed by atoms with Crippen LogP contribution in [0.1, 0.15) is 46.9 Å². The maximum atomic E-state index is 13.5. The summed E-state index contributed by atoms with van der Waals surface area (Å²) in [6.07, 6.45) is 1.93. The summed E-state index contributed by atoms with van der Waals surface area (Å²) < 4.78 is 0. The van der Waals surface area contributed by atoms with Gasteiger partial charge in [0.1, 0.15) is 0 Å². The number of carbonyl (C=O) groups is 2. The standard InChI is InChI=1S/C30H33N3O2S/c1-21-19-31(15-16-33(21)30(35)26-18-25(26)22-8-4-2-5-9-22)28(34)20-32-14-12-27-24(13-17-36-27)29(32)23-10-6-3-7-11-23/h2-11,13,17,21,25-26,29H,12,14-16,18-20H2,1H3/t21-,25+,26-,29+/m1/s1. The number of benzene rings is 2. The van der Waals surface area contributed by atoms with Crippen molar-refractivity contribution in [3.8, 4) is 0 Å². The molecule has 3 heterocycles. The van der Waals surface area contributed by atoms with Crippen LogP contribution >= 0.6 is 11.3 Å². The van der Waals surface area contributed by atoms with Crippen LogP contribution in [0, 0.1) is 5.92 Å². The lowest BCUT2D eigenvalue weighted by atomic mass is 9.93. The fraction of sp³-hybridized carbons (Fsp3) is 0.400. The van der Waals surface area contributed by atoms with Crippen molar-refractivity contribution >= 4 is 23.2 Å². The van der Waals surface area contributed by atoms with Crippen molar-refractivity contribution in [1.82, 2.24) is 14.7 Å². The molecule has 2 aliphatic heterocycles. The topological polar surface area (TPSA) is 43.9 Å². The number of carbonyl (C=O) groups excluding carboxylic acids is 2. The van der Waals surface area contributed by atoms with Gasteiger partial charge in [0.2, 0.25) is 11.8 Å². The number of hydrogen-bond acceptors (Lipinski definition) is 4. The summed E-state index contributed by atoms with van der Waals surface area (Å²) in [5.74, 6) is 0.870. The molecular formula is C30H33N3O2S. The lowest BCUT2D eigenvalue weighted by molar-refractivity contribution is -0.144. The van der Waals surface area contributed by atoms with Crippen molar-refractivity contribution < 1.29 is 9.59 Å². The van der Waals surface area contributed by atoms with E-state index in [1.165, 1.54) is 21.6 Å². The molecule has 1 saturated carbocycles. The highest BCUT2D eigenvalue weighted by Gasteiger charge is 2.47. The Bertz CT molecular complexity index is 1230. The smallest absolute Gasteiger partial charge is 0.236 e. The number of hydrogen-bond donors (Lipinski definition) is 0. The van der Waals surface area contributed by atoms with Crippen LogP contribution in [0.3, 0.4) is 0 Å². The monoisotopic (exact) mass is 499 g/mol. The minimum Gasteiger partial charge on any atom is -0.338 e. The second kappa shape index (κ2) is 9.83. The van der Waals surface area contributed by atoms with Crippen molar-refractivity contribution in [3.63, 3.8) is 0 Å². The lowest BCUT2D eigenvalue weighted by Crippen LogP contribution is -2.57. The molecule has 1 aromatic heterocycles. The molecule has 1 aliphatic carbocycles. The number of rotatable bonds is 5. The molecule has 3 aliphatic rings. The van der Waals surface area contributed by atoms with Crippen LogP contribution in [-0.4, -0.2) is 65.3 Å². The Morgan fingerprint density at radius 2 is 1.64 bits per heavy atom. The zero-order valence-electron chi connectivity index (χ0n) is 20.8. The van der Waals surface area contributed by atoms with Gasteiger partial charge in [0.25, 0.3) is 0 Å². The van der Waals surface area contributed by atoms with E-state index < -0.39 is 0 Å². The van der Waals surface area contributed by atoms with E-state index in [-0.39, 0.29) is 29.8 Å². The van der Waals surface area contributed by atoms with Gasteiger partial charge in [-0.2, -0.15) is 0 Å². The van der Waals surface area contributed by atoms with E-state index >= 15 is 0 Å². The van der Waals surface area contributed by atoms with Gasteiger partial charge in [0.15, 0.2) is 0 Å². The highest BCUT2D eigenvalue weighted by Crippen LogP contribution is 2.48. The number of amides is 2. The molecule has 6 heteroatoms. The molecule has 0 spiro atoms. The Hall–Kier alpha value is -2.96. The Morgan fingerprint density at radius 1 is 0.917 bits per heavy atom. The summed E-state index contributed by atoms with van der Waals surface area (Å²) in [5.41, 5.74) is 3.85. The summed E-state index contributed by atoms with van der Waals surface area (Å²) in [4.78, 5) is 34.5. The molecule has 1 saturated heterocycles. The predicted molar refractivity (Wildman–Crippen MR) is 143 cm³/mol. The third-order valence-electron chi connectivity index (χ3n) is 8.12. The third kappa shape index (κ3) is 4.48. The average Bonchev–Trinajstić information content (AvgIpc) is 3.58. The first-order valence-corrected chi connectivity index (χ1v) is 14.0. The number of nitrogens with zero attached hydrogens (tertiary/aromatic N) is 3. The van der Waals surface area contributed by atoms with E-state index in [1.807, 2.05) is 45.4 Å². The molecule has 4 atom stereocenters. The summed E-state index contributed by atoms with van der Waals surface area (Å²) in [6.45, 7) is 5.23. The molecule has 186 valence electrons. The van der Waals surface area contributed by atoms with Crippen molar-refractivity contribution in [2.45, 2.75) is 37.8 Å². The first-order valence-electron chi connectivity index (χ1n) is 13.1. The van der Waals surface area contributed by atoms with Gasteiger partial charge in [-0.1, -0.05) is 60.7 Å². The van der Waals surface area contributed by atoms with Crippen molar-refractivity contribution in [1.29, 1.82) is 0 Å². The minimum absolute atomic E-state index is 0.0435. The normalized spacial score (nSPS) is 25.9. The molecule has 0 bridgehead atoms. The number of fused-ring (bicyclic) bond motifs is 1. The van der Waals surface area contributed by atoms with Crippen LogP contribution in [0.4, 0.5) is 0 Å². The Labute approximate surface area is 217 Å². The molecule has 0 unspecified atom stereocenters. The maximum Gasteiger partial charge on any atom is 0.236 e. The second-order valence-corrected chi connectivity index (χ2v) is 11.4. The van der Waals surface area contributed by atoms with Gasteiger partial charge in [0, 0.05) is 43.0 Å². The zero-order chi connectivity index (χ0) is 24.6. The van der Waals surface area contributed by atoms with Gasteiger partial charge in [-0.3, -0.25) is 14.5 Å². The van der Waals surface area contributed by atoms with Gasteiger partial charge < -0.3 is 9.80 Å². The largest absolute Gasteiger partial charge is 0.338 e. The van der Waals surface area contributed by atoms with Gasteiger partial charge in [-0.25, -0.2) is 0 Å². The Morgan fingerprint density at radius 3 is 2.36 bits per heavy atom. The van der Waals surface area contributed by atoms with Gasteiger partial charge in [-0.05, 0) is 53.8 Å². The maximum absolute atomic E-state index is 13.5. The minimum atomic E-state index is 0.0435. The molecular weight excluding hydrogens is 466 g/mol. The van der Waals surface area contributed by atoms with Crippen molar-refractivity contribution in [3.05, 3.63) is 93.7 Å². The van der Waals surface area contributed by atoms with Crippen LogP contribution in [-0.2, 0) is 16.0 Å². The van der Waals surface area contributed by atoms with Gasteiger partial charge >= 0.3 is 0 Å². The third-order valence-corrected chi connectivity index (χ3v) is 9.11. The first kappa shape index (κ1) is 23.4. The quantitative estimate of drug-likeness (QED) is 0.517. The highest BCUT2D eigenvalue weighted by atomic mass is 32.1. The van der Waals surface area contributed by atoms with Crippen LogP contribution in [0.15, 0.2) is 72.1 Å². The fourth-order valence-corrected chi connectivity index (χ4v) is 7.00. The van der Waals surface area contributed by atoms with Gasteiger partial charge in [-0.15, -0.1) is 11.3 Å². The summed E-state index contributed by atoms with van der Waals surface area (Å²) in [5, 5.41) is 2.17. The molecule has 6 rings (SSSR count). The molecule has 2 fully saturated rings. The van der Waals surface area contributed by atoms with E-state index in [4.69, 9.17) is 0 Å². The Balaban J connectivity index is 1.09. The van der Waals surface area contributed by atoms with Crippen molar-refractivity contribution in [2.24, 2.45) is 5.92 Å². The lowest BCUT2D eigenvalue weighted by Gasteiger charge is -2.42. The van der Waals surface area contributed by atoms with E-state index in [2.05, 4.69) is 59.7 Å². The molecule has 5 nitrogen and oxygen atoms in total. The molecule has 2 amide bonds.